The van der Waals surface area contributed by atoms with Crippen LogP contribution in [0.3, 0.4) is 0 Å². The quantitative estimate of drug-likeness (QED) is 0.211. The second-order valence-corrected chi connectivity index (χ2v) is 11.2. The van der Waals surface area contributed by atoms with Crippen molar-refractivity contribution < 1.29 is 4.42 Å². The van der Waals surface area contributed by atoms with Crippen molar-refractivity contribution in [2.75, 3.05) is 0 Å². The fourth-order valence-electron chi connectivity index (χ4n) is 6.02. The van der Waals surface area contributed by atoms with Gasteiger partial charge in [-0.15, -0.1) is 11.3 Å². The van der Waals surface area contributed by atoms with Crippen LogP contribution in [0.25, 0.3) is 69.9 Å². The molecular weight excluding hydrogens is 492 g/mol. The first kappa shape index (κ1) is 22.3. The Kier molecular flexibility index (Phi) is 4.98. The van der Waals surface area contributed by atoms with Gasteiger partial charge in [0, 0.05) is 36.5 Å². The van der Waals surface area contributed by atoms with Gasteiger partial charge in [0.2, 0.25) is 0 Å². The highest BCUT2D eigenvalue weighted by molar-refractivity contribution is 7.26. The molecule has 0 unspecified atom stereocenters. The molecule has 0 N–H and O–H groups in total. The minimum atomic E-state index is 0.886. The van der Waals surface area contributed by atoms with Crippen LogP contribution in [-0.2, 0) is 6.42 Å². The Bertz CT molecular complexity index is 2170. The molecule has 5 aromatic carbocycles. The van der Waals surface area contributed by atoms with Crippen LogP contribution in [-0.4, -0.2) is 0 Å². The van der Waals surface area contributed by atoms with E-state index in [1.54, 1.807) is 0 Å². The molecule has 0 amide bonds. The molecule has 0 radical (unpaired) electrons. The zero-order chi connectivity index (χ0) is 25.9. The number of thiophene rings is 1. The van der Waals surface area contributed by atoms with Gasteiger partial charge < -0.3 is 4.42 Å². The number of benzene rings is 5. The van der Waals surface area contributed by atoms with Crippen molar-refractivity contribution in [3.63, 3.8) is 0 Å². The molecule has 184 valence electrons. The minimum absolute atomic E-state index is 0.886. The molecule has 8 rings (SSSR count). The molecule has 1 aliphatic carbocycles. The predicted molar refractivity (Wildman–Crippen MR) is 168 cm³/mol. The fourth-order valence-corrected chi connectivity index (χ4v) is 7.25. The lowest BCUT2D eigenvalue weighted by Gasteiger charge is -2.15. The van der Waals surface area contributed by atoms with E-state index in [0.717, 1.165) is 45.1 Å². The highest BCUT2D eigenvalue weighted by Crippen LogP contribution is 2.44. The van der Waals surface area contributed by atoms with Gasteiger partial charge >= 0.3 is 0 Å². The molecule has 0 fully saturated rings. The first-order valence-electron chi connectivity index (χ1n) is 13.3. The zero-order valence-electron chi connectivity index (χ0n) is 21.3. The first-order valence-corrected chi connectivity index (χ1v) is 14.1. The standard InChI is InChI=1S/C37H24OS/c1-23-10-3-2-4-11-24-12-5-6-13-26(24)29-19-20-30-32-22-25(18-21-33(32)38-36(30)35(23)29)27-15-9-16-31-28-14-7-8-17-34(28)39-37(27)31/h2-10,12-22H,1,11H2/b4-2-,10-3-. The molecule has 0 bridgehead atoms. The Morgan fingerprint density at radius 1 is 0.667 bits per heavy atom. The summed E-state index contributed by atoms with van der Waals surface area (Å²) in [6.45, 7) is 4.46. The van der Waals surface area contributed by atoms with Gasteiger partial charge in [0.25, 0.3) is 0 Å². The number of fused-ring (bicyclic) bond motifs is 10. The second kappa shape index (κ2) is 8.69. The van der Waals surface area contributed by atoms with Crippen LogP contribution in [0.2, 0.25) is 0 Å². The molecule has 39 heavy (non-hydrogen) atoms. The van der Waals surface area contributed by atoms with E-state index >= 15 is 0 Å². The molecule has 1 nitrogen and oxygen atoms in total. The summed E-state index contributed by atoms with van der Waals surface area (Å²) in [6, 6.07) is 35.0. The van der Waals surface area contributed by atoms with Crippen LogP contribution in [0.5, 0.6) is 0 Å². The average Bonchev–Trinajstić information content (AvgIpc) is 3.54. The van der Waals surface area contributed by atoms with Gasteiger partial charge in [-0.25, -0.2) is 0 Å². The molecule has 1 aliphatic rings. The normalized spacial score (nSPS) is 15.0. The van der Waals surface area contributed by atoms with E-state index in [2.05, 4.69) is 128 Å². The van der Waals surface area contributed by atoms with Gasteiger partial charge in [0.15, 0.2) is 0 Å². The third-order valence-electron chi connectivity index (χ3n) is 7.87. The molecule has 2 heterocycles. The minimum Gasteiger partial charge on any atom is -0.455 e. The number of rotatable bonds is 1. The van der Waals surface area contributed by atoms with Crippen LogP contribution in [0, 0.1) is 0 Å². The van der Waals surface area contributed by atoms with E-state index in [-0.39, 0.29) is 0 Å². The topological polar surface area (TPSA) is 13.1 Å². The fraction of sp³-hybridized carbons (Fsp3) is 0.0270. The van der Waals surface area contributed by atoms with Crippen molar-refractivity contribution in [2.45, 2.75) is 6.42 Å². The van der Waals surface area contributed by atoms with Gasteiger partial charge in [-0.3, -0.25) is 0 Å². The summed E-state index contributed by atoms with van der Waals surface area (Å²) in [4.78, 5) is 0. The molecular formula is C37H24OS. The first-order chi connectivity index (χ1) is 19.3. The summed E-state index contributed by atoms with van der Waals surface area (Å²) in [6.07, 6.45) is 9.35. The molecule has 0 aliphatic heterocycles. The Hall–Kier alpha value is -4.66. The highest BCUT2D eigenvalue weighted by Gasteiger charge is 2.20. The number of allylic oxidation sites excluding steroid dienone is 5. The number of furan rings is 1. The smallest absolute Gasteiger partial charge is 0.143 e. The lowest BCUT2D eigenvalue weighted by atomic mass is 9.89. The van der Waals surface area contributed by atoms with Crippen LogP contribution >= 0.6 is 11.3 Å². The van der Waals surface area contributed by atoms with Crippen molar-refractivity contribution >= 4 is 59.0 Å². The average molecular weight is 517 g/mol. The van der Waals surface area contributed by atoms with Gasteiger partial charge in [0.1, 0.15) is 11.2 Å². The van der Waals surface area contributed by atoms with E-state index < -0.39 is 0 Å². The molecule has 0 saturated heterocycles. The summed E-state index contributed by atoms with van der Waals surface area (Å²) < 4.78 is 9.27. The van der Waals surface area contributed by atoms with Crippen LogP contribution in [0.4, 0.5) is 0 Å². The number of hydrogen-bond acceptors (Lipinski definition) is 2. The SMILES string of the molecule is C=C1/C=C\C=C/Cc2ccccc2-c2ccc3c(oc4ccc(-c5cccc6c5sc5ccccc56)cc43)c21. The third-order valence-corrected chi connectivity index (χ3v) is 9.09. The van der Waals surface area contributed by atoms with Crippen molar-refractivity contribution in [1.82, 2.24) is 0 Å². The number of hydrogen-bond donors (Lipinski definition) is 0. The Morgan fingerprint density at radius 2 is 1.51 bits per heavy atom. The third kappa shape index (κ3) is 3.46. The molecule has 7 aromatic rings. The molecule has 0 atom stereocenters. The Balaban J connectivity index is 1.38. The Labute approximate surface area is 230 Å². The predicted octanol–water partition coefficient (Wildman–Crippen LogP) is 11.0. The maximum atomic E-state index is 6.62. The van der Waals surface area contributed by atoms with Crippen molar-refractivity contribution in [1.29, 1.82) is 0 Å². The summed E-state index contributed by atoms with van der Waals surface area (Å²) in [5, 5.41) is 4.88. The molecule has 0 saturated carbocycles. The highest BCUT2D eigenvalue weighted by atomic mass is 32.1. The van der Waals surface area contributed by atoms with E-state index in [9.17, 15) is 0 Å². The van der Waals surface area contributed by atoms with Crippen LogP contribution in [0.15, 0.2) is 132 Å². The molecule has 2 aromatic heterocycles. The van der Waals surface area contributed by atoms with Crippen molar-refractivity contribution in [2.24, 2.45) is 0 Å². The maximum Gasteiger partial charge on any atom is 0.143 e. The van der Waals surface area contributed by atoms with Gasteiger partial charge in [-0.05, 0) is 64.1 Å². The van der Waals surface area contributed by atoms with Gasteiger partial charge in [0.05, 0.1) is 0 Å². The monoisotopic (exact) mass is 516 g/mol. The lowest BCUT2D eigenvalue weighted by Crippen LogP contribution is -1.94. The summed E-state index contributed by atoms with van der Waals surface area (Å²) in [5.74, 6) is 0. The summed E-state index contributed by atoms with van der Waals surface area (Å²) in [5.41, 5.74) is 9.97. The van der Waals surface area contributed by atoms with E-state index in [1.807, 2.05) is 11.3 Å². The second-order valence-electron chi connectivity index (χ2n) is 10.1. The van der Waals surface area contributed by atoms with Crippen LogP contribution < -0.4 is 0 Å². The van der Waals surface area contributed by atoms with E-state index in [1.165, 1.54) is 42.4 Å². The van der Waals surface area contributed by atoms with E-state index in [4.69, 9.17) is 4.42 Å². The molecule has 2 heteroatoms. The van der Waals surface area contributed by atoms with Gasteiger partial charge in [-0.1, -0.05) is 104 Å². The maximum absolute atomic E-state index is 6.62. The zero-order valence-corrected chi connectivity index (χ0v) is 22.1. The molecule has 0 spiro atoms. The largest absolute Gasteiger partial charge is 0.455 e. The van der Waals surface area contributed by atoms with E-state index in [0.29, 0.717) is 0 Å². The van der Waals surface area contributed by atoms with Crippen molar-refractivity contribution in [3.05, 3.63) is 139 Å². The van der Waals surface area contributed by atoms with Crippen molar-refractivity contribution in [3.8, 4) is 22.3 Å². The summed E-state index contributed by atoms with van der Waals surface area (Å²) >= 11 is 1.87. The Morgan fingerprint density at radius 3 is 2.49 bits per heavy atom. The van der Waals surface area contributed by atoms with Crippen LogP contribution in [0.1, 0.15) is 11.1 Å². The van der Waals surface area contributed by atoms with Gasteiger partial charge in [-0.2, -0.15) is 0 Å². The lowest BCUT2D eigenvalue weighted by molar-refractivity contribution is 0.668. The summed E-state index contributed by atoms with van der Waals surface area (Å²) in [7, 11) is 0.